The summed E-state index contributed by atoms with van der Waals surface area (Å²) in [7, 11) is 2.07. The largest absolute Gasteiger partial charge is 0.313 e. The predicted molar refractivity (Wildman–Crippen MR) is 90.1 cm³/mol. The van der Waals surface area contributed by atoms with Crippen LogP contribution in [-0.4, -0.2) is 31.1 Å². The number of nitrogens with zero attached hydrogens (tertiary/aromatic N) is 1. The molecule has 0 saturated heterocycles. The van der Waals surface area contributed by atoms with Crippen molar-refractivity contribution in [3.05, 3.63) is 34.3 Å². The van der Waals surface area contributed by atoms with Crippen LogP contribution in [0.15, 0.2) is 28.7 Å². The van der Waals surface area contributed by atoms with E-state index < -0.39 is 0 Å². The van der Waals surface area contributed by atoms with E-state index in [0.29, 0.717) is 6.04 Å². The Bertz CT molecular complexity index is 402. The lowest BCUT2D eigenvalue weighted by molar-refractivity contribution is 0.199. The van der Waals surface area contributed by atoms with E-state index in [1.54, 1.807) is 0 Å². The van der Waals surface area contributed by atoms with Crippen LogP contribution in [0, 0.1) is 0 Å². The Morgan fingerprint density at radius 2 is 2.00 bits per heavy atom. The van der Waals surface area contributed by atoms with Crippen LogP contribution in [0.2, 0.25) is 0 Å². The lowest BCUT2D eigenvalue weighted by Gasteiger charge is -2.29. The Morgan fingerprint density at radius 3 is 2.60 bits per heavy atom. The first-order chi connectivity index (χ1) is 9.76. The highest BCUT2D eigenvalue weighted by Gasteiger charge is 2.22. The second-order valence-electron chi connectivity index (χ2n) is 5.72. The molecular formula is C17H27BrN2. The molecule has 0 bridgehead atoms. The molecule has 1 unspecified atom stereocenters. The normalized spacial score (nSPS) is 17.8. The van der Waals surface area contributed by atoms with Crippen LogP contribution in [0.25, 0.3) is 0 Å². The summed E-state index contributed by atoms with van der Waals surface area (Å²) in [5.74, 6) is 0. The minimum Gasteiger partial charge on any atom is -0.313 e. The molecule has 0 radical (unpaired) electrons. The molecule has 1 atom stereocenters. The van der Waals surface area contributed by atoms with Crippen molar-refractivity contribution >= 4 is 15.9 Å². The van der Waals surface area contributed by atoms with Gasteiger partial charge in [0.05, 0.1) is 0 Å². The third-order valence-electron chi connectivity index (χ3n) is 4.58. The first kappa shape index (κ1) is 16.0. The van der Waals surface area contributed by atoms with Gasteiger partial charge in [-0.05, 0) is 44.5 Å². The van der Waals surface area contributed by atoms with Crippen molar-refractivity contribution in [3.63, 3.8) is 0 Å². The number of hydrogen-bond acceptors (Lipinski definition) is 2. The second kappa shape index (κ2) is 8.16. The van der Waals surface area contributed by atoms with Gasteiger partial charge in [-0.25, -0.2) is 0 Å². The maximum absolute atomic E-state index is 3.67. The van der Waals surface area contributed by atoms with Gasteiger partial charge in [0.15, 0.2) is 0 Å². The first-order valence-electron chi connectivity index (χ1n) is 7.92. The molecular weight excluding hydrogens is 312 g/mol. The van der Waals surface area contributed by atoms with Crippen LogP contribution >= 0.6 is 15.9 Å². The van der Waals surface area contributed by atoms with Gasteiger partial charge in [-0.3, -0.25) is 0 Å². The second-order valence-corrected chi connectivity index (χ2v) is 6.57. The molecule has 1 aromatic rings. The van der Waals surface area contributed by atoms with E-state index in [2.05, 4.69) is 64.4 Å². The highest BCUT2D eigenvalue weighted by Crippen LogP contribution is 2.27. The van der Waals surface area contributed by atoms with Crippen LogP contribution in [0.4, 0.5) is 0 Å². The maximum atomic E-state index is 3.67. The first-order valence-corrected chi connectivity index (χ1v) is 8.71. The zero-order valence-corrected chi connectivity index (χ0v) is 14.3. The van der Waals surface area contributed by atoms with Gasteiger partial charge in [0.1, 0.15) is 0 Å². The summed E-state index contributed by atoms with van der Waals surface area (Å²) < 4.78 is 1.21. The molecule has 0 aliphatic heterocycles. The topological polar surface area (TPSA) is 15.3 Å². The fourth-order valence-electron chi connectivity index (χ4n) is 3.38. The SMILES string of the molecule is CCN(CCC(NC)c1ccccc1Br)C1CCCC1. The molecule has 20 heavy (non-hydrogen) atoms. The van der Waals surface area contributed by atoms with Gasteiger partial charge in [-0.1, -0.05) is 53.9 Å². The fourth-order valence-corrected chi connectivity index (χ4v) is 3.94. The minimum atomic E-state index is 0.432. The molecule has 1 aromatic carbocycles. The van der Waals surface area contributed by atoms with Crippen molar-refractivity contribution in [3.8, 4) is 0 Å². The average molecular weight is 339 g/mol. The third kappa shape index (κ3) is 4.06. The molecule has 0 amide bonds. The number of rotatable bonds is 7. The Balaban J connectivity index is 1.94. The van der Waals surface area contributed by atoms with Gasteiger partial charge in [0, 0.05) is 23.1 Å². The number of hydrogen-bond donors (Lipinski definition) is 1. The van der Waals surface area contributed by atoms with Gasteiger partial charge in [0.2, 0.25) is 0 Å². The smallest absolute Gasteiger partial charge is 0.0340 e. The van der Waals surface area contributed by atoms with E-state index in [4.69, 9.17) is 0 Å². The van der Waals surface area contributed by atoms with Crippen LogP contribution in [0.3, 0.4) is 0 Å². The van der Waals surface area contributed by atoms with Crippen LogP contribution in [-0.2, 0) is 0 Å². The standard InChI is InChI=1S/C17H27BrN2/c1-3-20(14-8-4-5-9-14)13-12-17(19-2)15-10-6-7-11-16(15)18/h6-7,10-11,14,17,19H,3-5,8-9,12-13H2,1-2H3. The molecule has 0 spiro atoms. The van der Waals surface area contributed by atoms with Gasteiger partial charge >= 0.3 is 0 Å². The number of halogens is 1. The van der Waals surface area contributed by atoms with Gasteiger partial charge in [0.25, 0.3) is 0 Å². The molecule has 0 heterocycles. The Morgan fingerprint density at radius 1 is 1.30 bits per heavy atom. The van der Waals surface area contributed by atoms with Crippen molar-refractivity contribution in [1.82, 2.24) is 10.2 Å². The summed E-state index contributed by atoms with van der Waals surface area (Å²) in [4.78, 5) is 2.67. The maximum Gasteiger partial charge on any atom is 0.0340 e. The molecule has 1 N–H and O–H groups in total. The van der Waals surface area contributed by atoms with Crippen molar-refractivity contribution in [2.24, 2.45) is 0 Å². The van der Waals surface area contributed by atoms with Crippen molar-refractivity contribution < 1.29 is 0 Å². The van der Waals surface area contributed by atoms with Gasteiger partial charge in [-0.2, -0.15) is 0 Å². The quantitative estimate of drug-likeness (QED) is 0.794. The number of benzene rings is 1. The van der Waals surface area contributed by atoms with E-state index in [0.717, 1.165) is 6.04 Å². The molecule has 1 fully saturated rings. The molecule has 1 aliphatic rings. The molecule has 3 heteroatoms. The fraction of sp³-hybridized carbons (Fsp3) is 0.647. The minimum absolute atomic E-state index is 0.432. The predicted octanol–water partition coefficient (Wildman–Crippen LogP) is 4.36. The summed E-state index contributed by atoms with van der Waals surface area (Å²) in [5, 5.41) is 3.47. The van der Waals surface area contributed by atoms with Crippen molar-refractivity contribution in [2.45, 2.75) is 51.1 Å². The Labute approximate surface area is 132 Å². The van der Waals surface area contributed by atoms with Crippen LogP contribution < -0.4 is 5.32 Å². The average Bonchev–Trinajstić information content (AvgIpc) is 2.99. The highest BCUT2D eigenvalue weighted by atomic mass is 79.9. The Hall–Kier alpha value is -0.380. The summed E-state index contributed by atoms with van der Waals surface area (Å²) in [6.07, 6.45) is 6.80. The monoisotopic (exact) mass is 338 g/mol. The zero-order chi connectivity index (χ0) is 14.4. The summed E-state index contributed by atoms with van der Waals surface area (Å²) in [5.41, 5.74) is 1.37. The lowest BCUT2D eigenvalue weighted by Crippen LogP contribution is -2.35. The van der Waals surface area contributed by atoms with Gasteiger partial charge in [-0.15, -0.1) is 0 Å². The molecule has 1 saturated carbocycles. The van der Waals surface area contributed by atoms with E-state index in [1.807, 2.05) is 0 Å². The van der Waals surface area contributed by atoms with Crippen molar-refractivity contribution in [1.29, 1.82) is 0 Å². The van der Waals surface area contributed by atoms with Gasteiger partial charge < -0.3 is 10.2 Å². The highest BCUT2D eigenvalue weighted by molar-refractivity contribution is 9.10. The van der Waals surface area contributed by atoms with Crippen LogP contribution in [0.5, 0.6) is 0 Å². The summed E-state index contributed by atoms with van der Waals surface area (Å²) in [6, 6.07) is 9.82. The van der Waals surface area contributed by atoms with Crippen molar-refractivity contribution in [2.75, 3.05) is 20.1 Å². The molecule has 2 rings (SSSR count). The molecule has 2 nitrogen and oxygen atoms in total. The zero-order valence-electron chi connectivity index (χ0n) is 12.7. The van der Waals surface area contributed by atoms with Crippen LogP contribution in [0.1, 0.15) is 50.6 Å². The van der Waals surface area contributed by atoms with E-state index in [-0.39, 0.29) is 0 Å². The molecule has 112 valence electrons. The lowest BCUT2D eigenvalue weighted by atomic mass is 10.0. The van der Waals surface area contributed by atoms with E-state index >= 15 is 0 Å². The third-order valence-corrected chi connectivity index (χ3v) is 5.30. The summed E-state index contributed by atoms with van der Waals surface area (Å²) >= 11 is 3.67. The number of nitrogens with one attached hydrogen (secondary N) is 1. The van der Waals surface area contributed by atoms with E-state index in [1.165, 1.54) is 55.2 Å². The Kier molecular flexibility index (Phi) is 6.53. The molecule has 1 aliphatic carbocycles. The summed E-state index contributed by atoms with van der Waals surface area (Å²) in [6.45, 7) is 4.66. The molecule has 0 aromatic heterocycles. The van der Waals surface area contributed by atoms with E-state index in [9.17, 15) is 0 Å².